The van der Waals surface area contributed by atoms with E-state index in [0.717, 1.165) is 38.2 Å². The Morgan fingerprint density at radius 3 is 3.05 bits per heavy atom. The fraction of sp³-hybridized carbons (Fsp3) is 0.538. The Hall–Kier alpha value is -1.70. The van der Waals surface area contributed by atoms with E-state index < -0.39 is 4.92 Å². The first kappa shape index (κ1) is 14.7. The molecule has 1 aromatic rings. The quantitative estimate of drug-likeness (QED) is 0.482. The van der Waals surface area contributed by atoms with Gasteiger partial charge in [-0.3, -0.25) is 20.9 Å². The summed E-state index contributed by atoms with van der Waals surface area (Å²) in [6.07, 6.45) is 1.26. The first-order chi connectivity index (χ1) is 9.63. The van der Waals surface area contributed by atoms with Gasteiger partial charge in [0.1, 0.15) is 5.69 Å². The average molecular weight is 280 g/mol. The molecule has 0 aromatic heterocycles. The van der Waals surface area contributed by atoms with Crippen molar-refractivity contribution in [2.24, 2.45) is 5.84 Å². The number of rotatable bonds is 5. The van der Waals surface area contributed by atoms with Gasteiger partial charge < -0.3 is 10.2 Å². The summed E-state index contributed by atoms with van der Waals surface area (Å²) < 4.78 is 5.63. The van der Waals surface area contributed by atoms with E-state index in [0.29, 0.717) is 5.69 Å². The van der Waals surface area contributed by atoms with Gasteiger partial charge in [0.25, 0.3) is 5.69 Å². The molecule has 7 nitrogen and oxygen atoms in total. The SMILES string of the molecule is CCC1CN(Cc2ccc([N+](=O)[O-])c(NN)c2)CCO1. The van der Waals surface area contributed by atoms with Crippen molar-refractivity contribution < 1.29 is 9.66 Å². The van der Waals surface area contributed by atoms with Crippen molar-refractivity contribution in [2.75, 3.05) is 25.1 Å². The molecule has 0 aliphatic carbocycles. The molecule has 0 bridgehead atoms. The van der Waals surface area contributed by atoms with E-state index in [1.807, 2.05) is 0 Å². The summed E-state index contributed by atoms with van der Waals surface area (Å²) in [5, 5.41) is 10.8. The molecule has 0 spiro atoms. The van der Waals surface area contributed by atoms with Gasteiger partial charge in [0.2, 0.25) is 0 Å². The van der Waals surface area contributed by atoms with Crippen LogP contribution in [0.4, 0.5) is 11.4 Å². The first-order valence-corrected chi connectivity index (χ1v) is 6.72. The van der Waals surface area contributed by atoms with E-state index >= 15 is 0 Å². The van der Waals surface area contributed by atoms with Gasteiger partial charge in [0.05, 0.1) is 17.6 Å². The molecule has 1 saturated heterocycles. The van der Waals surface area contributed by atoms with Gasteiger partial charge in [-0.15, -0.1) is 0 Å². The molecule has 1 atom stereocenters. The third-order valence-corrected chi connectivity index (χ3v) is 3.50. The second kappa shape index (κ2) is 6.65. The summed E-state index contributed by atoms with van der Waals surface area (Å²) in [5.41, 5.74) is 3.72. The van der Waals surface area contributed by atoms with E-state index in [-0.39, 0.29) is 11.8 Å². The van der Waals surface area contributed by atoms with Crippen LogP contribution in [0.25, 0.3) is 0 Å². The molecule has 7 heteroatoms. The van der Waals surface area contributed by atoms with Crippen LogP contribution >= 0.6 is 0 Å². The zero-order chi connectivity index (χ0) is 14.5. The molecule has 1 unspecified atom stereocenters. The number of nitrogens with zero attached hydrogens (tertiary/aromatic N) is 2. The number of nitro groups is 1. The molecule has 1 aliphatic rings. The lowest BCUT2D eigenvalue weighted by molar-refractivity contribution is -0.384. The molecule has 1 aromatic carbocycles. The van der Waals surface area contributed by atoms with Crippen molar-refractivity contribution in [1.82, 2.24) is 4.90 Å². The fourth-order valence-corrected chi connectivity index (χ4v) is 2.39. The van der Waals surface area contributed by atoms with Gasteiger partial charge in [-0.1, -0.05) is 13.0 Å². The smallest absolute Gasteiger partial charge is 0.293 e. The number of ether oxygens (including phenoxy) is 1. The Bertz CT molecular complexity index is 481. The maximum absolute atomic E-state index is 10.8. The van der Waals surface area contributed by atoms with Crippen molar-refractivity contribution in [3.63, 3.8) is 0 Å². The summed E-state index contributed by atoms with van der Waals surface area (Å²) in [5.74, 6) is 5.35. The normalized spacial score (nSPS) is 19.8. The summed E-state index contributed by atoms with van der Waals surface area (Å²) in [6.45, 7) is 5.34. The predicted molar refractivity (Wildman–Crippen MR) is 76.2 cm³/mol. The number of morpholine rings is 1. The Morgan fingerprint density at radius 2 is 2.40 bits per heavy atom. The zero-order valence-electron chi connectivity index (χ0n) is 11.5. The van der Waals surface area contributed by atoms with Gasteiger partial charge in [0, 0.05) is 25.7 Å². The molecule has 0 saturated carbocycles. The molecule has 110 valence electrons. The molecular formula is C13H20N4O3. The second-order valence-electron chi connectivity index (χ2n) is 4.89. The van der Waals surface area contributed by atoms with Crippen LogP contribution in [0.5, 0.6) is 0 Å². The van der Waals surface area contributed by atoms with Crippen LogP contribution in [0, 0.1) is 10.1 Å². The molecule has 1 fully saturated rings. The van der Waals surface area contributed by atoms with Crippen molar-refractivity contribution in [3.05, 3.63) is 33.9 Å². The van der Waals surface area contributed by atoms with Crippen molar-refractivity contribution in [3.8, 4) is 0 Å². The number of nitrogen functional groups attached to an aromatic ring is 1. The maximum Gasteiger partial charge on any atom is 0.293 e. The summed E-state index contributed by atoms with van der Waals surface area (Å²) >= 11 is 0. The number of anilines is 1. The minimum Gasteiger partial charge on any atom is -0.376 e. The van der Waals surface area contributed by atoms with Gasteiger partial charge >= 0.3 is 0 Å². The molecular weight excluding hydrogens is 260 g/mol. The average Bonchev–Trinajstić information content (AvgIpc) is 2.47. The molecule has 20 heavy (non-hydrogen) atoms. The summed E-state index contributed by atoms with van der Waals surface area (Å²) in [7, 11) is 0. The zero-order valence-corrected chi connectivity index (χ0v) is 11.5. The van der Waals surface area contributed by atoms with Crippen LogP contribution in [0.3, 0.4) is 0 Å². The Labute approximate surface area is 117 Å². The third kappa shape index (κ3) is 3.44. The number of hydrogen-bond acceptors (Lipinski definition) is 6. The highest BCUT2D eigenvalue weighted by Gasteiger charge is 2.20. The number of nitrogens with one attached hydrogen (secondary N) is 1. The number of hydrazine groups is 1. The second-order valence-corrected chi connectivity index (χ2v) is 4.89. The van der Waals surface area contributed by atoms with Gasteiger partial charge in [0.15, 0.2) is 0 Å². The van der Waals surface area contributed by atoms with Crippen molar-refractivity contribution in [2.45, 2.75) is 26.0 Å². The van der Waals surface area contributed by atoms with Crippen LogP contribution in [0.2, 0.25) is 0 Å². The Morgan fingerprint density at radius 1 is 1.60 bits per heavy atom. The minimum atomic E-state index is -0.444. The van der Waals surface area contributed by atoms with E-state index in [9.17, 15) is 10.1 Å². The minimum absolute atomic E-state index is 0.00957. The monoisotopic (exact) mass is 280 g/mol. The summed E-state index contributed by atoms with van der Waals surface area (Å²) in [4.78, 5) is 12.7. The van der Waals surface area contributed by atoms with Gasteiger partial charge in [-0.2, -0.15) is 0 Å². The highest BCUT2D eigenvalue weighted by Crippen LogP contribution is 2.25. The standard InChI is InChI=1S/C13H20N4O3/c1-2-11-9-16(5-6-20-11)8-10-3-4-13(17(18)19)12(7-10)15-14/h3-4,7,11,15H,2,5-6,8-9,14H2,1H3. The molecule has 1 aliphatic heterocycles. The number of hydrogen-bond donors (Lipinski definition) is 2. The van der Waals surface area contributed by atoms with Crippen LogP contribution in [0.1, 0.15) is 18.9 Å². The molecule has 1 heterocycles. The third-order valence-electron chi connectivity index (χ3n) is 3.50. The van der Waals surface area contributed by atoms with E-state index in [1.165, 1.54) is 6.07 Å². The number of nitrogens with two attached hydrogens (primary N) is 1. The van der Waals surface area contributed by atoms with Gasteiger partial charge in [-0.05, 0) is 18.1 Å². The lowest BCUT2D eigenvalue weighted by Gasteiger charge is -2.32. The lowest BCUT2D eigenvalue weighted by atomic mass is 10.1. The van der Waals surface area contributed by atoms with E-state index in [2.05, 4.69) is 17.2 Å². The maximum atomic E-state index is 10.8. The topological polar surface area (TPSA) is 93.7 Å². The van der Waals surface area contributed by atoms with E-state index in [4.69, 9.17) is 10.6 Å². The number of benzene rings is 1. The van der Waals surface area contributed by atoms with Gasteiger partial charge in [-0.25, -0.2) is 0 Å². The molecule has 0 radical (unpaired) electrons. The lowest BCUT2D eigenvalue weighted by Crippen LogP contribution is -2.41. The largest absolute Gasteiger partial charge is 0.376 e. The van der Waals surface area contributed by atoms with Crippen molar-refractivity contribution in [1.29, 1.82) is 0 Å². The molecule has 0 amide bonds. The van der Waals surface area contributed by atoms with Crippen LogP contribution in [0.15, 0.2) is 18.2 Å². The Balaban J connectivity index is 2.07. The van der Waals surface area contributed by atoms with Crippen LogP contribution in [-0.2, 0) is 11.3 Å². The first-order valence-electron chi connectivity index (χ1n) is 6.72. The predicted octanol–water partition coefficient (Wildman–Crippen LogP) is 1.49. The number of nitro benzene ring substituents is 1. The Kier molecular flexibility index (Phi) is 4.89. The highest BCUT2D eigenvalue weighted by molar-refractivity contribution is 5.62. The summed E-state index contributed by atoms with van der Waals surface area (Å²) in [6, 6.07) is 4.99. The van der Waals surface area contributed by atoms with Crippen molar-refractivity contribution >= 4 is 11.4 Å². The fourth-order valence-electron chi connectivity index (χ4n) is 2.39. The van der Waals surface area contributed by atoms with Crippen LogP contribution < -0.4 is 11.3 Å². The molecule has 2 rings (SSSR count). The van der Waals surface area contributed by atoms with E-state index in [1.54, 1.807) is 12.1 Å². The molecule has 3 N–H and O–H groups in total. The van der Waals surface area contributed by atoms with Crippen LogP contribution in [-0.4, -0.2) is 35.6 Å². The highest BCUT2D eigenvalue weighted by atomic mass is 16.6.